The fourth-order valence-corrected chi connectivity index (χ4v) is 3.52. The molecule has 1 rings (SSSR count). The first-order valence-corrected chi connectivity index (χ1v) is 7.13. The van der Waals surface area contributed by atoms with Crippen molar-refractivity contribution in [1.29, 1.82) is 0 Å². The van der Waals surface area contributed by atoms with Crippen molar-refractivity contribution >= 4 is 23.6 Å². The monoisotopic (exact) mass is 274 g/mol. The Bertz CT molecular complexity index is 339. The third kappa shape index (κ3) is 3.62. The average Bonchev–Trinajstić information content (AvgIpc) is 2.58. The summed E-state index contributed by atoms with van der Waals surface area (Å²) in [6.07, 6.45) is 0.167. The van der Waals surface area contributed by atoms with Crippen LogP contribution in [-0.4, -0.2) is 44.6 Å². The van der Waals surface area contributed by atoms with Gasteiger partial charge < -0.3 is 15.7 Å². The normalized spacial score (nSPS) is 24.7. The molecule has 0 aliphatic carbocycles. The van der Waals surface area contributed by atoms with Gasteiger partial charge in [-0.15, -0.1) is 11.8 Å². The largest absolute Gasteiger partial charge is 0.480 e. The van der Waals surface area contributed by atoms with Gasteiger partial charge in [0.25, 0.3) is 0 Å². The van der Waals surface area contributed by atoms with Crippen LogP contribution in [0.25, 0.3) is 0 Å². The molecule has 1 aliphatic heterocycles. The van der Waals surface area contributed by atoms with E-state index < -0.39 is 17.6 Å². The molecular weight excluding hydrogens is 252 g/mol. The van der Waals surface area contributed by atoms with Gasteiger partial charge >= 0.3 is 5.97 Å². The van der Waals surface area contributed by atoms with E-state index in [1.54, 1.807) is 13.8 Å². The molecule has 1 amide bonds. The Balaban J connectivity index is 2.89. The number of aliphatic carboxylic acids is 1. The summed E-state index contributed by atoms with van der Waals surface area (Å²) in [4.78, 5) is 25.0. The second kappa shape index (κ2) is 5.48. The molecule has 0 bridgehead atoms. The van der Waals surface area contributed by atoms with Crippen LogP contribution < -0.4 is 5.73 Å². The smallest absolute Gasteiger partial charge is 0.327 e. The SMILES string of the molecule is CC(C)C1SCC(C(=O)O)N1C(=O)CC(C)(C)N. The van der Waals surface area contributed by atoms with Gasteiger partial charge in [-0.1, -0.05) is 13.8 Å². The predicted molar refractivity (Wildman–Crippen MR) is 72.2 cm³/mol. The Labute approximate surface area is 112 Å². The summed E-state index contributed by atoms with van der Waals surface area (Å²) in [5, 5.41) is 9.12. The third-order valence-electron chi connectivity index (χ3n) is 2.78. The number of nitrogens with zero attached hydrogens (tertiary/aromatic N) is 1. The first-order chi connectivity index (χ1) is 8.13. The van der Waals surface area contributed by atoms with Gasteiger partial charge in [-0.2, -0.15) is 0 Å². The fraction of sp³-hybridized carbons (Fsp3) is 0.833. The van der Waals surface area contributed by atoms with E-state index in [-0.39, 0.29) is 23.6 Å². The van der Waals surface area contributed by atoms with E-state index in [4.69, 9.17) is 5.73 Å². The summed E-state index contributed by atoms with van der Waals surface area (Å²) in [7, 11) is 0. The minimum Gasteiger partial charge on any atom is -0.480 e. The summed E-state index contributed by atoms with van der Waals surface area (Å²) in [6, 6.07) is -0.725. The van der Waals surface area contributed by atoms with Gasteiger partial charge in [-0.05, 0) is 19.8 Å². The van der Waals surface area contributed by atoms with E-state index in [0.29, 0.717) is 5.75 Å². The number of carbonyl (C=O) groups excluding carboxylic acids is 1. The van der Waals surface area contributed by atoms with Crippen molar-refractivity contribution in [3.63, 3.8) is 0 Å². The highest BCUT2D eigenvalue weighted by Crippen LogP contribution is 2.35. The highest BCUT2D eigenvalue weighted by atomic mass is 32.2. The van der Waals surface area contributed by atoms with Gasteiger partial charge in [0.05, 0.1) is 5.37 Å². The number of carbonyl (C=O) groups is 2. The van der Waals surface area contributed by atoms with Crippen LogP contribution in [-0.2, 0) is 9.59 Å². The maximum Gasteiger partial charge on any atom is 0.327 e. The number of amides is 1. The third-order valence-corrected chi connectivity index (χ3v) is 4.41. The van der Waals surface area contributed by atoms with Gasteiger partial charge in [0, 0.05) is 17.7 Å². The zero-order chi connectivity index (χ0) is 14.1. The fourth-order valence-electron chi connectivity index (χ4n) is 2.03. The molecular formula is C12H22N2O3S. The molecule has 5 nitrogen and oxygen atoms in total. The van der Waals surface area contributed by atoms with E-state index in [1.807, 2.05) is 13.8 Å². The Morgan fingerprint density at radius 3 is 2.44 bits per heavy atom. The summed E-state index contributed by atoms with van der Waals surface area (Å²) in [6.45, 7) is 7.54. The summed E-state index contributed by atoms with van der Waals surface area (Å²) in [5.74, 6) is -0.425. The van der Waals surface area contributed by atoms with E-state index in [2.05, 4.69) is 0 Å². The maximum atomic E-state index is 12.3. The van der Waals surface area contributed by atoms with Crippen molar-refractivity contribution in [2.75, 3.05) is 5.75 Å². The average molecular weight is 274 g/mol. The number of rotatable bonds is 4. The number of nitrogens with two attached hydrogens (primary N) is 1. The standard InChI is InChI=1S/C12H22N2O3S/c1-7(2)10-14(8(6-18-10)11(16)17)9(15)5-12(3,4)13/h7-8,10H,5-6,13H2,1-4H3,(H,16,17). The number of carboxylic acid groups (broad SMARTS) is 1. The van der Waals surface area contributed by atoms with Crippen molar-refractivity contribution < 1.29 is 14.7 Å². The second-order valence-electron chi connectivity index (χ2n) is 5.79. The van der Waals surface area contributed by atoms with E-state index in [9.17, 15) is 14.7 Å². The molecule has 1 heterocycles. The van der Waals surface area contributed by atoms with Crippen LogP contribution in [0.15, 0.2) is 0 Å². The molecule has 0 aromatic carbocycles. The highest BCUT2D eigenvalue weighted by Gasteiger charge is 2.43. The van der Waals surface area contributed by atoms with Gasteiger partial charge in [-0.3, -0.25) is 4.79 Å². The van der Waals surface area contributed by atoms with E-state index in [0.717, 1.165) is 0 Å². The van der Waals surface area contributed by atoms with E-state index in [1.165, 1.54) is 16.7 Å². The van der Waals surface area contributed by atoms with Crippen LogP contribution in [0.1, 0.15) is 34.1 Å². The zero-order valence-electron chi connectivity index (χ0n) is 11.3. The molecule has 6 heteroatoms. The Morgan fingerprint density at radius 2 is 2.06 bits per heavy atom. The number of carboxylic acids is 1. The zero-order valence-corrected chi connectivity index (χ0v) is 12.2. The van der Waals surface area contributed by atoms with Crippen molar-refractivity contribution in [1.82, 2.24) is 4.90 Å². The quantitative estimate of drug-likeness (QED) is 0.802. The molecule has 0 aromatic rings. The van der Waals surface area contributed by atoms with Crippen LogP contribution in [0, 0.1) is 5.92 Å². The lowest BCUT2D eigenvalue weighted by molar-refractivity contribution is -0.150. The molecule has 1 saturated heterocycles. The number of thioether (sulfide) groups is 1. The Hall–Kier alpha value is -0.750. The molecule has 2 atom stereocenters. The summed E-state index contributed by atoms with van der Waals surface area (Å²) >= 11 is 1.53. The first-order valence-electron chi connectivity index (χ1n) is 6.08. The minimum atomic E-state index is -0.936. The minimum absolute atomic E-state index is 0.0686. The molecule has 0 radical (unpaired) electrons. The first kappa shape index (κ1) is 15.3. The lowest BCUT2D eigenvalue weighted by Gasteiger charge is -2.32. The second-order valence-corrected chi connectivity index (χ2v) is 6.94. The van der Waals surface area contributed by atoms with Gasteiger partial charge in [0.1, 0.15) is 6.04 Å². The van der Waals surface area contributed by atoms with Crippen molar-refractivity contribution in [3.05, 3.63) is 0 Å². The molecule has 0 aromatic heterocycles. The van der Waals surface area contributed by atoms with Crippen molar-refractivity contribution in [2.45, 2.75) is 51.1 Å². The van der Waals surface area contributed by atoms with Crippen LogP contribution in [0.5, 0.6) is 0 Å². The Kier molecular flexibility index (Phi) is 4.66. The number of hydrogen-bond donors (Lipinski definition) is 2. The summed E-state index contributed by atoms with van der Waals surface area (Å²) < 4.78 is 0. The van der Waals surface area contributed by atoms with Crippen LogP contribution in [0.3, 0.4) is 0 Å². The molecule has 1 aliphatic rings. The van der Waals surface area contributed by atoms with E-state index >= 15 is 0 Å². The van der Waals surface area contributed by atoms with Crippen molar-refractivity contribution in [2.24, 2.45) is 11.7 Å². The molecule has 104 valence electrons. The van der Waals surface area contributed by atoms with Crippen LogP contribution >= 0.6 is 11.8 Å². The van der Waals surface area contributed by atoms with Gasteiger partial charge in [0.15, 0.2) is 0 Å². The number of hydrogen-bond acceptors (Lipinski definition) is 4. The Morgan fingerprint density at radius 1 is 1.50 bits per heavy atom. The van der Waals surface area contributed by atoms with Gasteiger partial charge in [0.2, 0.25) is 5.91 Å². The highest BCUT2D eigenvalue weighted by molar-refractivity contribution is 8.00. The lowest BCUT2D eigenvalue weighted by atomic mass is 10.0. The van der Waals surface area contributed by atoms with Crippen LogP contribution in [0.2, 0.25) is 0 Å². The van der Waals surface area contributed by atoms with Crippen molar-refractivity contribution in [3.8, 4) is 0 Å². The predicted octanol–water partition coefficient (Wildman–Crippen LogP) is 1.12. The van der Waals surface area contributed by atoms with Crippen LogP contribution in [0.4, 0.5) is 0 Å². The molecule has 0 saturated carbocycles. The molecule has 2 unspecified atom stereocenters. The lowest BCUT2D eigenvalue weighted by Crippen LogP contribution is -2.50. The maximum absolute atomic E-state index is 12.3. The molecule has 0 spiro atoms. The molecule has 1 fully saturated rings. The van der Waals surface area contributed by atoms with Gasteiger partial charge in [-0.25, -0.2) is 4.79 Å². The summed E-state index contributed by atoms with van der Waals surface area (Å²) in [5.41, 5.74) is 5.23. The molecule has 3 N–H and O–H groups in total. The molecule has 18 heavy (non-hydrogen) atoms. The topological polar surface area (TPSA) is 83.6 Å².